The number of sulfonamides is 1. The normalized spacial score (nSPS) is 11.8. The molecule has 2 aromatic rings. The van der Waals surface area contributed by atoms with Crippen LogP contribution in [0.15, 0.2) is 22.7 Å². The molecule has 0 radical (unpaired) electrons. The van der Waals surface area contributed by atoms with Crippen LogP contribution in [0.3, 0.4) is 0 Å². The van der Waals surface area contributed by atoms with Crippen molar-refractivity contribution in [2.75, 3.05) is 6.54 Å². The average molecular weight is 286 g/mol. The summed E-state index contributed by atoms with van der Waals surface area (Å²) in [6, 6.07) is 0. The van der Waals surface area contributed by atoms with E-state index in [9.17, 15) is 8.42 Å². The van der Waals surface area contributed by atoms with Gasteiger partial charge in [0.2, 0.25) is 10.0 Å². The van der Waals surface area contributed by atoms with Crippen LogP contribution in [0, 0.1) is 0 Å². The minimum atomic E-state index is -3.45. The highest BCUT2D eigenvalue weighted by Gasteiger charge is 2.14. The van der Waals surface area contributed by atoms with Crippen molar-refractivity contribution in [1.29, 1.82) is 0 Å². The summed E-state index contributed by atoms with van der Waals surface area (Å²) in [6.45, 7) is 2.38. The Labute approximate surface area is 110 Å². The molecule has 0 spiro atoms. The molecule has 0 amide bonds. The number of hydrogen-bond donors (Lipinski definition) is 2. The fourth-order valence-electron chi connectivity index (χ4n) is 1.39. The molecule has 0 aromatic carbocycles. The molecule has 0 aliphatic heterocycles. The Bertz CT molecular complexity index is 589. The third-order valence-electron chi connectivity index (χ3n) is 2.38. The average Bonchev–Trinajstić information content (AvgIpc) is 3.00. The minimum absolute atomic E-state index is 0.149. The molecule has 0 unspecified atom stereocenters. The monoisotopic (exact) mass is 286 g/mol. The lowest BCUT2D eigenvalue weighted by molar-refractivity contribution is 0.581. The summed E-state index contributed by atoms with van der Waals surface area (Å²) < 4.78 is 26.0. The van der Waals surface area contributed by atoms with Gasteiger partial charge in [0.25, 0.3) is 0 Å². The van der Waals surface area contributed by atoms with Crippen LogP contribution in [0.2, 0.25) is 0 Å². The highest BCUT2D eigenvalue weighted by Crippen LogP contribution is 2.11. The molecule has 18 heavy (non-hydrogen) atoms. The Kier molecular flexibility index (Phi) is 4.10. The van der Waals surface area contributed by atoms with E-state index in [0.717, 1.165) is 17.1 Å². The van der Waals surface area contributed by atoms with Gasteiger partial charge in [-0.3, -0.25) is 5.10 Å². The third-order valence-corrected chi connectivity index (χ3v) is 4.76. The summed E-state index contributed by atoms with van der Waals surface area (Å²) in [4.78, 5) is 4.53. The quantitative estimate of drug-likeness (QED) is 0.827. The number of aromatic amines is 1. The number of nitrogens with one attached hydrogen (secondary N) is 2. The van der Waals surface area contributed by atoms with Crippen molar-refractivity contribution in [3.8, 4) is 0 Å². The predicted octanol–water partition coefficient (Wildman–Crippen LogP) is 0.950. The van der Waals surface area contributed by atoms with Gasteiger partial charge in [-0.15, -0.1) is 11.3 Å². The van der Waals surface area contributed by atoms with Crippen LogP contribution in [0.5, 0.6) is 0 Å². The Morgan fingerprint density at radius 2 is 2.33 bits per heavy atom. The van der Waals surface area contributed by atoms with Gasteiger partial charge in [-0.05, 0) is 6.42 Å². The first-order chi connectivity index (χ1) is 8.62. The van der Waals surface area contributed by atoms with Crippen molar-refractivity contribution < 1.29 is 8.42 Å². The summed E-state index contributed by atoms with van der Waals surface area (Å²) in [5.74, 6) is 0. The van der Waals surface area contributed by atoms with E-state index in [1.54, 1.807) is 11.3 Å². The molecule has 2 heterocycles. The van der Waals surface area contributed by atoms with E-state index in [2.05, 4.69) is 19.9 Å². The lowest BCUT2D eigenvalue weighted by atomic mass is 10.4. The maximum absolute atomic E-state index is 11.8. The molecule has 2 N–H and O–H groups in total. The highest BCUT2D eigenvalue weighted by molar-refractivity contribution is 7.89. The number of aryl methyl sites for hydroxylation is 1. The van der Waals surface area contributed by atoms with Crippen LogP contribution in [-0.4, -0.2) is 30.1 Å². The molecule has 6 nitrogen and oxygen atoms in total. The molecule has 2 aromatic heterocycles. The van der Waals surface area contributed by atoms with Crippen LogP contribution >= 0.6 is 11.3 Å². The first kappa shape index (κ1) is 13.2. The van der Waals surface area contributed by atoms with Gasteiger partial charge in [-0.1, -0.05) is 6.92 Å². The Balaban J connectivity index is 1.89. The predicted molar refractivity (Wildman–Crippen MR) is 69.0 cm³/mol. The van der Waals surface area contributed by atoms with E-state index in [1.807, 2.05) is 12.3 Å². The van der Waals surface area contributed by atoms with Crippen LogP contribution in [0.25, 0.3) is 0 Å². The highest BCUT2D eigenvalue weighted by atomic mass is 32.2. The molecule has 98 valence electrons. The largest absolute Gasteiger partial charge is 0.284 e. The van der Waals surface area contributed by atoms with Gasteiger partial charge in [0.1, 0.15) is 4.90 Å². The molecule has 0 bridgehead atoms. The molecule has 2 rings (SSSR count). The molecular formula is C10H14N4O2S2. The zero-order chi connectivity index (χ0) is 13.0. The maximum atomic E-state index is 11.8. The zero-order valence-corrected chi connectivity index (χ0v) is 11.5. The standard InChI is InChI=1S/C10H14N4O2S2/c1-2-8-7-17-10(14-8)3-4-13-18(15,16)9-5-11-12-6-9/h5-7,13H,2-4H2,1H3,(H,11,12). The molecule has 0 atom stereocenters. The number of aromatic nitrogens is 3. The molecule has 0 saturated carbocycles. The van der Waals surface area contributed by atoms with Crippen molar-refractivity contribution in [3.63, 3.8) is 0 Å². The Morgan fingerprint density at radius 1 is 1.50 bits per heavy atom. The van der Waals surface area contributed by atoms with Crippen molar-refractivity contribution >= 4 is 21.4 Å². The second kappa shape index (κ2) is 5.59. The lowest BCUT2D eigenvalue weighted by Crippen LogP contribution is -2.25. The maximum Gasteiger partial charge on any atom is 0.243 e. The van der Waals surface area contributed by atoms with Gasteiger partial charge in [0.15, 0.2) is 0 Å². The topological polar surface area (TPSA) is 87.7 Å². The van der Waals surface area contributed by atoms with E-state index in [4.69, 9.17) is 0 Å². The molecule has 8 heteroatoms. The number of thiazole rings is 1. The zero-order valence-electron chi connectivity index (χ0n) is 9.88. The number of hydrogen-bond acceptors (Lipinski definition) is 5. The summed E-state index contributed by atoms with van der Waals surface area (Å²) >= 11 is 1.56. The van der Waals surface area contributed by atoms with Gasteiger partial charge in [-0.25, -0.2) is 18.1 Å². The van der Waals surface area contributed by atoms with Crippen molar-refractivity contribution in [2.45, 2.75) is 24.7 Å². The summed E-state index contributed by atoms with van der Waals surface area (Å²) in [7, 11) is -3.45. The van der Waals surface area contributed by atoms with Crippen LogP contribution < -0.4 is 4.72 Å². The summed E-state index contributed by atoms with van der Waals surface area (Å²) in [5, 5.41) is 9.04. The van der Waals surface area contributed by atoms with E-state index in [1.165, 1.54) is 12.4 Å². The summed E-state index contributed by atoms with van der Waals surface area (Å²) in [5.41, 5.74) is 1.05. The minimum Gasteiger partial charge on any atom is -0.284 e. The smallest absolute Gasteiger partial charge is 0.243 e. The lowest BCUT2D eigenvalue weighted by Gasteiger charge is -2.02. The van der Waals surface area contributed by atoms with Gasteiger partial charge >= 0.3 is 0 Å². The molecule has 0 saturated heterocycles. The van der Waals surface area contributed by atoms with Crippen LogP contribution in [0.4, 0.5) is 0 Å². The first-order valence-corrected chi connectivity index (χ1v) is 7.90. The van der Waals surface area contributed by atoms with Gasteiger partial charge in [0, 0.05) is 24.5 Å². The second-order valence-electron chi connectivity index (χ2n) is 3.67. The fraction of sp³-hybridized carbons (Fsp3) is 0.400. The molecule has 0 fully saturated rings. The molecule has 0 aliphatic carbocycles. The summed E-state index contributed by atoms with van der Waals surface area (Å²) in [6.07, 6.45) is 4.13. The second-order valence-corrected chi connectivity index (χ2v) is 6.38. The number of H-pyrrole nitrogens is 1. The molecular weight excluding hydrogens is 272 g/mol. The van der Waals surface area contributed by atoms with Crippen LogP contribution in [0.1, 0.15) is 17.6 Å². The Hall–Kier alpha value is -1.25. The van der Waals surface area contributed by atoms with E-state index >= 15 is 0 Å². The Morgan fingerprint density at radius 3 is 2.94 bits per heavy atom. The van der Waals surface area contributed by atoms with Crippen molar-refractivity contribution in [1.82, 2.24) is 19.9 Å². The molecule has 0 aliphatic rings. The fourth-order valence-corrected chi connectivity index (χ4v) is 3.21. The number of nitrogens with zero attached hydrogens (tertiary/aromatic N) is 2. The SMILES string of the molecule is CCc1csc(CCNS(=O)(=O)c2cn[nH]c2)n1. The number of rotatable bonds is 6. The van der Waals surface area contributed by atoms with Crippen LogP contribution in [-0.2, 0) is 22.9 Å². The van der Waals surface area contributed by atoms with E-state index in [0.29, 0.717) is 13.0 Å². The van der Waals surface area contributed by atoms with Gasteiger partial charge < -0.3 is 0 Å². The third kappa shape index (κ3) is 3.15. The van der Waals surface area contributed by atoms with Gasteiger partial charge in [0.05, 0.1) is 16.9 Å². The van der Waals surface area contributed by atoms with Gasteiger partial charge in [-0.2, -0.15) is 5.10 Å². The van der Waals surface area contributed by atoms with E-state index < -0.39 is 10.0 Å². The van der Waals surface area contributed by atoms with Crippen molar-refractivity contribution in [2.24, 2.45) is 0 Å². The first-order valence-electron chi connectivity index (χ1n) is 5.53. The van der Waals surface area contributed by atoms with E-state index in [-0.39, 0.29) is 4.90 Å². The van der Waals surface area contributed by atoms with Crippen molar-refractivity contribution in [3.05, 3.63) is 28.5 Å².